The number of halogens is 1. The highest BCUT2D eigenvalue weighted by atomic mass is 79.9. The molecule has 1 rings (SSSR count). The molecule has 0 aliphatic heterocycles. The molecule has 1 aromatic rings. The molecule has 1 aromatic carbocycles. The highest BCUT2D eigenvalue weighted by molar-refractivity contribution is 9.09. The molecule has 0 unspecified atom stereocenters. The van der Waals surface area contributed by atoms with Gasteiger partial charge in [0.15, 0.2) is 0 Å². The maximum Gasteiger partial charge on any atom is 0.0366 e. The number of para-hydroxylation sites is 1. The van der Waals surface area contributed by atoms with Gasteiger partial charge in [-0.3, -0.25) is 0 Å². The molecule has 0 bridgehead atoms. The van der Waals surface area contributed by atoms with Crippen LogP contribution < -0.4 is 4.90 Å². The lowest BCUT2D eigenvalue weighted by Gasteiger charge is -2.38. The second-order valence-corrected chi connectivity index (χ2v) is 6.04. The Morgan fingerprint density at radius 2 is 1.58 bits per heavy atom. The monoisotopic (exact) mass is 325 g/mol. The lowest BCUT2D eigenvalue weighted by molar-refractivity contribution is 0.280. The van der Waals surface area contributed by atoms with Gasteiger partial charge in [-0.2, -0.15) is 0 Å². The third kappa shape index (κ3) is 4.83. The average Bonchev–Trinajstić information content (AvgIpc) is 2.46. The van der Waals surface area contributed by atoms with Crippen molar-refractivity contribution >= 4 is 21.6 Å². The van der Waals surface area contributed by atoms with Gasteiger partial charge in [-0.05, 0) is 37.3 Å². The summed E-state index contributed by atoms with van der Waals surface area (Å²) in [5.41, 5.74) is 1.76. The fraction of sp³-hybridized carbons (Fsp3) is 0.647. The molecule has 0 N–H and O–H groups in total. The van der Waals surface area contributed by atoms with Crippen LogP contribution in [-0.2, 0) is 0 Å². The Hall–Kier alpha value is -0.500. The summed E-state index contributed by atoms with van der Waals surface area (Å²) in [6.45, 7) is 9.08. The number of hydrogen-bond donors (Lipinski definition) is 0. The summed E-state index contributed by atoms with van der Waals surface area (Å²) in [4.78, 5) is 2.52. The smallest absolute Gasteiger partial charge is 0.0366 e. The molecule has 0 aliphatic rings. The van der Waals surface area contributed by atoms with Crippen molar-refractivity contribution < 1.29 is 0 Å². The summed E-state index contributed by atoms with van der Waals surface area (Å²) in [5.74, 6) is 0. The number of alkyl halides is 1. The number of nitrogens with zero attached hydrogens (tertiary/aromatic N) is 1. The Morgan fingerprint density at radius 1 is 1.00 bits per heavy atom. The van der Waals surface area contributed by atoms with E-state index in [1.165, 1.54) is 31.4 Å². The summed E-state index contributed by atoms with van der Waals surface area (Å²) in [6, 6.07) is 10.8. The van der Waals surface area contributed by atoms with Crippen molar-refractivity contribution in [1.29, 1.82) is 0 Å². The van der Waals surface area contributed by atoms with E-state index in [-0.39, 0.29) is 0 Å². The minimum Gasteiger partial charge on any atom is -0.371 e. The van der Waals surface area contributed by atoms with Gasteiger partial charge < -0.3 is 4.90 Å². The second kappa shape index (κ2) is 8.63. The molecule has 0 fully saturated rings. The molecular weight excluding hydrogens is 298 g/mol. The first kappa shape index (κ1) is 16.6. The molecule has 19 heavy (non-hydrogen) atoms. The van der Waals surface area contributed by atoms with E-state index in [0.717, 1.165) is 18.4 Å². The lowest BCUT2D eigenvalue weighted by atomic mass is 9.80. The van der Waals surface area contributed by atoms with Crippen LogP contribution in [-0.4, -0.2) is 18.4 Å². The van der Waals surface area contributed by atoms with E-state index in [0.29, 0.717) is 5.41 Å². The molecule has 0 heterocycles. The quantitative estimate of drug-likeness (QED) is 0.542. The van der Waals surface area contributed by atoms with E-state index in [1.807, 2.05) is 0 Å². The minimum absolute atomic E-state index is 0.412. The normalized spacial score (nSPS) is 11.6. The zero-order valence-electron chi connectivity index (χ0n) is 12.7. The van der Waals surface area contributed by atoms with Gasteiger partial charge in [0.2, 0.25) is 0 Å². The molecule has 0 radical (unpaired) electrons. The van der Waals surface area contributed by atoms with Gasteiger partial charge in [0.25, 0.3) is 0 Å². The Morgan fingerprint density at radius 3 is 2.00 bits per heavy atom. The van der Waals surface area contributed by atoms with Gasteiger partial charge in [0.05, 0.1) is 0 Å². The molecule has 0 spiro atoms. The summed E-state index contributed by atoms with van der Waals surface area (Å²) < 4.78 is 0. The molecule has 1 nitrogen and oxygen atoms in total. The highest BCUT2D eigenvalue weighted by Crippen LogP contribution is 2.34. The first-order chi connectivity index (χ1) is 9.21. The fourth-order valence-corrected chi connectivity index (χ4v) is 3.69. The third-order valence-corrected chi connectivity index (χ3v) is 5.06. The molecule has 0 atom stereocenters. The minimum atomic E-state index is 0.412. The number of rotatable bonds is 9. The van der Waals surface area contributed by atoms with E-state index in [4.69, 9.17) is 0 Å². The van der Waals surface area contributed by atoms with Crippen LogP contribution in [0, 0.1) is 5.41 Å². The van der Waals surface area contributed by atoms with Crippen molar-refractivity contribution in [3.8, 4) is 0 Å². The van der Waals surface area contributed by atoms with Gasteiger partial charge in [0, 0.05) is 24.1 Å². The molecule has 0 saturated heterocycles. The van der Waals surface area contributed by atoms with Gasteiger partial charge >= 0.3 is 0 Å². The predicted molar refractivity (Wildman–Crippen MR) is 90.4 cm³/mol. The van der Waals surface area contributed by atoms with E-state index in [1.54, 1.807) is 0 Å². The molecule has 0 aliphatic carbocycles. The number of benzene rings is 1. The van der Waals surface area contributed by atoms with Crippen LogP contribution in [0.1, 0.15) is 46.5 Å². The summed E-state index contributed by atoms with van der Waals surface area (Å²) >= 11 is 3.78. The summed E-state index contributed by atoms with van der Waals surface area (Å²) in [6.07, 6.45) is 5.13. The van der Waals surface area contributed by atoms with Gasteiger partial charge in [0.1, 0.15) is 0 Å². The first-order valence-corrected chi connectivity index (χ1v) is 8.69. The van der Waals surface area contributed by atoms with Crippen molar-refractivity contribution in [1.82, 2.24) is 0 Å². The van der Waals surface area contributed by atoms with Crippen molar-refractivity contribution in [2.75, 3.05) is 23.3 Å². The Balaban J connectivity index is 2.86. The molecule has 0 amide bonds. The van der Waals surface area contributed by atoms with Crippen LogP contribution in [0.4, 0.5) is 5.69 Å². The van der Waals surface area contributed by atoms with Crippen LogP contribution in [0.25, 0.3) is 0 Å². The molecule has 108 valence electrons. The van der Waals surface area contributed by atoms with Crippen molar-refractivity contribution in [3.05, 3.63) is 30.3 Å². The van der Waals surface area contributed by atoms with Crippen LogP contribution in [0.3, 0.4) is 0 Å². The van der Waals surface area contributed by atoms with Crippen LogP contribution in [0.5, 0.6) is 0 Å². The molecule has 0 saturated carbocycles. The zero-order valence-corrected chi connectivity index (χ0v) is 14.2. The average molecular weight is 326 g/mol. The SMILES string of the molecule is CCCC(CBr)(CCC)CN(CC)c1ccccc1. The lowest BCUT2D eigenvalue weighted by Crippen LogP contribution is -2.39. The van der Waals surface area contributed by atoms with E-state index in [2.05, 4.69) is 71.9 Å². The largest absolute Gasteiger partial charge is 0.371 e. The molecule has 2 heteroatoms. The van der Waals surface area contributed by atoms with Gasteiger partial charge in [-0.1, -0.05) is 60.8 Å². The van der Waals surface area contributed by atoms with Crippen molar-refractivity contribution in [2.24, 2.45) is 5.41 Å². The van der Waals surface area contributed by atoms with Crippen molar-refractivity contribution in [2.45, 2.75) is 46.5 Å². The Kier molecular flexibility index (Phi) is 7.52. The van der Waals surface area contributed by atoms with Gasteiger partial charge in [-0.25, -0.2) is 0 Å². The van der Waals surface area contributed by atoms with Crippen LogP contribution in [0.15, 0.2) is 30.3 Å². The second-order valence-electron chi connectivity index (χ2n) is 5.48. The van der Waals surface area contributed by atoms with E-state index >= 15 is 0 Å². The molecular formula is C17H28BrN. The van der Waals surface area contributed by atoms with Crippen molar-refractivity contribution in [3.63, 3.8) is 0 Å². The zero-order chi connectivity index (χ0) is 14.1. The van der Waals surface area contributed by atoms with E-state index < -0.39 is 0 Å². The van der Waals surface area contributed by atoms with Crippen LogP contribution >= 0.6 is 15.9 Å². The van der Waals surface area contributed by atoms with Gasteiger partial charge in [-0.15, -0.1) is 0 Å². The van der Waals surface area contributed by atoms with Crippen LogP contribution in [0.2, 0.25) is 0 Å². The maximum absolute atomic E-state index is 3.78. The third-order valence-electron chi connectivity index (χ3n) is 3.87. The Bertz CT molecular complexity index is 330. The van der Waals surface area contributed by atoms with E-state index in [9.17, 15) is 0 Å². The molecule has 0 aromatic heterocycles. The number of hydrogen-bond acceptors (Lipinski definition) is 1. The summed E-state index contributed by atoms with van der Waals surface area (Å²) in [5, 5.41) is 1.10. The topological polar surface area (TPSA) is 3.24 Å². The highest BCUT2D eigenvalue weighted by Gasteiger charge is 2.29. The fourth-order valence-electron chi connectivity index (χ4n) is 2.95. The predicted octanol–water partition coefficient (Wildman–Crippen LogP) is 5.49. The number of anilines is 1. The summed E-state index contributed by atoms with van der Waals surface area (Å²) in [7, 11) is 0. The Labute approximate surface area is 127 Å². The standard InChI is InChI=1S/C17H28BrN/c1-4-12-17(14-18,13-5-2)15-19(6-3)16-10-8-7-9-11-16/h7-11H,4-6,12-15H2,1-3H3. The first-order valence-electron chi connectivity index (χ1n) is 7.57. The maximum atomic E-state index is 3.78.